The fraction of sp³-hybridized carbons (Fsp3) is 0.200. The van der Waals surface area contributed by atoms with E-state index >= 15 is 0 Å². The van der Waals surface area contributed by atoms with Crippen LogP contribution in [0.3, 0.4) is 0 Å². The first-order valence-electron chi connectivity index (χ1n) is 6.05. The van der Waals surface area contributed by atoms with Crippen molar-refractivity contribution in [2.24, 2.45) is 0 Å². The molecule has 0 amide bonds. The molecule has 19 heavy (non-hydrogen) atoms. The Kier molecular flexibility index (Phi) is 2.92. The number of rotatable bonds is 2. The Morgan fingerprint density at radius 3 is 2.11 bits per heavy atom. The first kappa shape index (κ1) is 12.4. The Morgan fingerprint density at radius 1 is 0.895 bits per heavy atom. The van der Waals surface area contributed by atoms with Gasteiger partial charge in [0, 0.05) is 12.7 Å². The minimum Gasteiger partial charge on any atom is -0.361 e. The van der Waals surface area contributed by atoms with Crippen LogP contribution in [-0.2, 0) is 14.6 Å². The lowest BCUT2D eigenvalue weighted by atomic mass is 10.00. The molecule has 0 saturated heterocycles. The minimum atomic E-state index is -3.41. The van der Waals surface area contributed by atoms with Crippen LogP contribution in [0.1, 0.15) is 27.4 Å². The molecule has 0 N–H and O–H groups in total. The largest absolute Gasteiger partial charge is 0.361 e. The Bertz CT molecular complexity index is 692. The van der Waals surface area contributed by atoms with E-state index in [0.29, 0.717) is 0 Å². The third-order valence-electron chi connectivity index (χ3n) is 3.48. The normalized spacial score (nSPS) is 24.1. The third kappa shape index (κ3) is 1.79. The van der Waals surface area contributed by atoms with Crippen molar-refractivity contribution in [1.29, 1.82) is 0 Å². The fourth-order valence-electron chi connectivity index (χ4n) is 2.70. The lowest BCUT2D eigenvalue weighted by Crippen LogP contribution is -2.14. The highest BCUT2D eigenvalue weighted by Gasteiger charge is 2.46. The molecule has 2 unspecified atom stereocenters. The third-order valence-corrected chi connectivity index (χ3v) is 5.70. The SMILES string of the molecule is COC1c2ccccc2C(c2ccccc2)S1(=O)=O. The van der Waals surface area contributed by atoms with Gasteiger partial charge in [-0.2, -0.15) is 0 Å². The van der Waals surface area contributed by atoms with Crippen molar-refractivity contribution in [3.8, 4) is 0 Å². The molecule has 0 aromatic heterocycles. The van der Waals surface area contributed by atoms with Crippen molar-refractivity contribution < 1.29 is 13.2 Å². The summed E-state index contributed by atoms with van der Waals surface area (Å²) in [6, 6.07) is 16.7. The molecule has 1 aliphatic heterocycles. The fourth-order valence-corrected chi connectivity index (χ4v) is 4.89. The van der Waals surface area contributed by atoms with E-state index in [2.05, 4.69) is 0 Å². The summed E-state index contributed by atoms with van der Waals surface area (Å²) < 4.78 is 30.5. The summed E-state index contributed by atoms with van der Waals surface area (Å²) in [5.74, 6) is 0. The number of fused-ring (bicyclic) bond motifs is 1. The van der Waals surface area contributed by atoms with Crippen molar-refractivity contribution >= 4 is 9.84 Å². The Hall–Kier alpha value is -1.65. The van der Waals surface area contributed by atoms with Crippen LogP contribution in [0.25, 0.3) is 0 Å². The van der Waals surface area contributed by atoms with Gasteiger partial charge < -0.3 is 4.74 Å². The summed E-state index contributed by atoms with van der Waals surface area (Å²) in [4.78, 5) is 0. The van der Waals surface area contributed by atoms with Gasteiger partial charge in [0.15, 0.2) is 15.3 Å². The summed E-state index contributed by atoms with van der Waals surface area (Å²) in [6.07, 6.45) is 0. The van der Waals surface area contributed by atoms with Crippen LogP contribution in [-0.4, -0.2) is 15.5 Å². The van der Waals surface area contributed by atoms with Gasteiger partial charge in [0.05, 0.1) is 0 Å². The molecule has 2 aromatic carbocycles. The predicted molar refractivity (Wildman–Crippen MR) is 73.4 cm³/mol. The van der Waals surface area contributed by atoms with Crippen molar-refractivity contribution in [3.63, 3.8) is 0 Å². The summed E-state index contributed by atoms with van der Waals surface area (Å²) in [5.41, 5.74) is 1.49. The standard InChI is InChI=1S/C15H14O3S/c1-18-15-13-10-6-5-9-12(13)14(19(15,16)17)11-7-3-2-4-8-11/h2-10,14-15H,1H3. The van der Waals surface area contributed by atoms with E-state index in [1.165, 1.54) is 7.11 Å². The van der Waals surface area contributed by atoms with E-state index in [-0.39, 0.29) is 0 Å². The van der Waals surface area contributed by atoms with Gasteiger partial charge in [0.1, 0.15) is 5.25 Å². The monoisotopic (exact) mass is 274 g/mol. The average Bonchev–Trinajstić information content (AvgIpc) is 2.65. The van der Waals surface area contributed by atoms with Crippen LogP contribution in [0, 0.1) is 0 Å². The van der Waals surface area contributed by atoms with E-state index in [9.17, 15) is 8.42 Å². The first-order valence-corrected chi connectivity index (χ1v) is 7.66. The maximum absolute atomic E-state index is 12.7. The maximum Gasteiger partial charge on any atom is 0.192 e. The molecular weight excluding hydrogens is 260 g/mol. The van der Waals surface area contributed by atoms with E-state index in [1.807, 2.05) is 54.6 Å². The van der Waals surface area contributed by atoms with Crippen molar-refractivity contribution in [1.82, 2.24) is 0 Å². The van der Waals surface area contributed by atoms with Gasteiger partial charge in [-0.1, -0.05) is 54.6 Å². The Balaban J connectivity index is 2.25. The molecule has 2 aromatic rings. The number of hydrogen-bond donors (Lipinski definition) is 0. The van der Waals surface area contributed by atoms with Crippen LogP contribution >= 0.6 is 0 Å². The Labute approximate surface area is 112 Å². The van der Waals surface area contributed by atoms with Gasteiger partial charge in [0.2, 0.25) is 0 Å². The zero-order valence-electron chi connectivity index (χ0n) is 10.5. The van der Waals surface area contributed by atoms with Crippen LogP contribution in [0.5, 0.6) is 0 Å². The van der Waals surface area contributed by atoms with Crippen LogP contribution in [0.4, 0.5) is 0 Å². The van der Waals surface area contributed by atoms with E-state index in [4.69, 9.17) is 4.74 Å². The van der Waals surface area contributed by atoms with Crippen LogP contribution in [0.15, 0.2) is 54.6 Å². The first-order chi connectivity index (χ1) is 9.16. The number of benzene rings is 2. The molecule has 1 aliphatic rings. The molecule has 2 atom stereocenters. The van der Waals surface area contributed by atoms with Gasteiger partial charge in [-0.05, 0) is 11.1 Å². The van der Waals surface area contributed by atoms with Crippen molar-refractivity contribution in [3.05, 3.63) is 71.3 Å². The molecule has 1 heterocycles. The maximum atomic E-state index is 12.7. The van der Waals surface area contributed by atoms with Crippen LogP contribution in [0.2, 0.25) is 0 Å². The van der Waals surface area contributed by atoms with Gasteiger partial charge in [-0.3, -0.25) is 0 Å². The van der Waals surface area contributed by atoms with E-state index < -0.39 is 20.5 Å². The van der Waals surface area contributed by atoms with Gasteiger partial charge in [-0.15, -0.1) is 0 Å². The molecule has 0 saturated carbocycles. The number of ether oxygens (including phenoxy) is 1. The Morgan fingerprint density at radius 2 is 1.47 bits per heavy atom. The molecule has 0 spiro atoms. The molecule has 3 nitrogen and oxygen atoms in total. The van der Waals surface area contributed by atoms with Crippen molar-refractivity contribution in [2.75, 3.05) is 7.11 Å². The smallest absolute Gasteiger partial charge is 0.192 e. The van der Waals surface area contributed by atoms with Gasteiger partial charge in [0.25, 0.3) is 0 Å². The topological polar surface area (TPSA) is 43.4 Å². The minimum absolute atomic E-state index is 0.630. The van der Waals surface area contributed by atoms with Crippen LogP contribution < -0.4 is 0 Å². The molecule has 0 fully saturated rings. The highest BCUT2D eigenvalue weighted by atomic mass is 32.2. The second-order valence-corrected chi connectivity index (χ2v) is 6.65. The second-order valence-electron chi connectivity index (χ2n) is 4.58. The highest BCUT2D eigenvalue weighted by molar-refractivity contribution is 7.92. The number of hydrogen-bond acceptors (Lipinski definition) is 3. The zero-order chi connectivity index (χ0) is 13.5. The number of methoxy groups -OCH3 is 1. The van der Waals surface area contributed by atoms with E-state index in [1.54, 1.807) is 0 Å². The van der Waals surface area contributed by atoms with E-state index in [0.717, 1.165) is 16.7 Å². The molecular formula is C15H14O3S. The second kappa shape index (κ2) is 4.47. The van der Waals surface area contributed by atoms with Gasteiger partial charge >= 0.3 is 0 Å². The lowest BCUT2D eigenvalue weighted by Gasteiger charge is -2.13. The molecule has 0 aliphatic carbocycles. The summed E-state index contributed by atoms with van der Waals surface area (Å²) in [6.45, 7) is 0. The molecule has 3 rings (SSSR count). The lowest BCUT2D eigenvalue weighted by molar-refractivity contribution is 0.168. The molecule has 98 valence electrons. The predicted octanol–water partition coefficient (Wildman–Crippen LogP) is 2.85. The summed E-state index contributed by atoms with van der Waals surface area (Å²) in [5, 5.41) is -0.630. The summed E-state index contributed by atoms with van der Waals surface area (Å²) >= 11 is 0. The summed E-state index contributed by atoms with van der Waals surface area (Å²) in [7, 11) is -1.98. The quantitative estimate of drug-likeness (QED) is 0.845. The molecule has 4 heteroatoms. The highest BCUT2D eigenvalue weighted by Crippen LogP contribution is 2.48. The molecule has 0 bridgehead atoms. The molecule has 0 radical (unpaired) electrons. The zero-order valence-corrected chi connectivity index (χ0v) is 11.3. The average molecular weight is 274 g/mol. The van der Waals surface area contributed by atoms with Crippen molar-refractivity contribution in [2.45, 2.75) is 10.7 Å². The number of sulfone groups is 1. The van der Waals surface area contributed by atoms with Gasteiger partial charge in [-0.25, -0.2) is 8.42 Å².